The van der Waals surface area contributed by atoms with Crippen molar-refractivity contribution in [3.63, 3.8) is 0 Å². The molecule has 0 aromatic heterocycles. The number of primary amides is 1. The second kappa shape index (κ2) is 14.3. The summed E-state index contributed by atoms with van der Waals surface area (Å²) in [5.74, 6) is -1.50. The number of aryl methyl sites for hydroxylation is 2. The molecule has 0 aliphatic rings. The van der Waals surface area contributed by atoms with Crippen molar-refractivity contribution in [1.29, 1.82) is 0 Å². The van der Waals surface area contributed by atoms with Gasteiger partial charge in [0.05, 0.1) is 0 Å². The van der Waals surface area contributed by atoms with Crippen molar-refractivity contribution in [2.24, 2.45) is 5.73 Å². The molecule has 1 aromatic carbocycles. The van der Waals surface area contributed by atoms with E-state index in [2.05, 4.69) is 17.2 Å². The molecule has 0 aliphatic heterocycles. The fourth-order valence-electron chi connectivity index (χ4n) is 3.55. The van der Waals surface area contributed by atoms with Gasteiger partial charge < -0.3 is 26.0 Å². The van der Waals surface area contributed by atoms with Gasteiger partial charge in [-0.2, -0.15) is 0 Å². The quantitative estimate of drug-likeness (QED) is 0.281. The van der Waals surface area contributed by atoms with E-state index in [0.717, 1.165) is 24.0 Å². The first-order valence-corrected chi connectivity index (χ1v) is 12.3. The molecule has 4 N–H and O–H groups in total. The first-order valence-electron chi connectivity index (χ1n) is 12.3. The van der Waals surface area contributed by atoms with Crippen LogP contribution in [0.15, 0.2) is 30.9 Å². The van der Waals surface area contributed by atoms with Gasteiger partial charge in [0.25, 0.3) is 0 Å². The first-order chi connectivity index (χ1) is 16.8. The number of nitrogens with zero attached hydrogens (tertiary/aromatic N) is 1. The van der Waals surface area contributed by atoms with Crippen LogP contribution in [0.2, 0.25) is 0 Å². The SMILES string of the molecule is C=CCN(C(=O)C(CCC(N)=O)NC(=O)OC(C)(C)C)C(C(=O)NCCCC)c1ccc(C)c(C)c1. The van der Waals surface area contributed by atoms with Gasteiger partial charge in [-0.05, 0) is 64.2 Å². The van der Waals surface area contributed by atoms with Gasteiger partial charge in [-0.3, -0.25) is 14.4 Å². The number of nitrogens with two attached hydrogens (primary N) is 1. The summed E-state index contributed by atoms with van der Waals surface area (Å²) in [5.41, 5.74) is 7.19. The Morgan fingerprint density at radius 3 is 2.36 bits per heavy atom. The summed E-state index contributed by atoms with van der Waals surface area (Å²) in [4.78, 5) is 52.6. The highest BCUT2D eigenvalue weighted by molar-refractivity contribution is 5.92. The highest BCUT2D eigenvalue weighted by Gasteiger charge is 2.36. The van der Waals surface area contributed by atoms with Crippen LogP contribution in [0.1, 0.15) is 76.1 Å². The average Bonchev–Trinajstić information content (AvgIpc) is 2.77. The van der Waals surface area contributed by atoms with Crippen LogP contribution in [-0.4, -0.2) is 53.4 Å². The number of carbonyl (C=O) groups is 4. The lowest BCUT2D eigenvalue weighted by Gasteiger charge is -2.34. The summed E-state index contributed by atoms with van der Waals surface area (Å²) in [6.07, 6.45) is 2.23. The van der Waals surface area contributed by atoms with Crippen LogP contribution in [0, 0.1) is 13.8 Å². The van der Waals surface area contributed by atoms with E-state index in [9.17, 15) is 19.2 Å². The molecule has 1 aromatic rings. The molecule has 2 unspecified atom stereocenters. The van der Waals surface area contributed by atoms with Crippen molar-refractivity contribution in [1.82, 2.24) is 15.5 Å². The summed E-state index contributed by atoms with van der Waals surface area (Å²) in [5, 5.41) is 5.48. The summed E-state index contributed by atoms with van der Waals surface area (Å²) in [6.45, 7) is 15.3. The average molecular weight is 503 g/mol. The Morgan fingerprint density at radius 2 is 1.83 bits per heavy atom. The number of hydrogen-bond donors (Lipinski definition) is 3. The summed E-state index contributed by atoms with van der Waals surface area (Å²) in [7, 11) is 0. The van der Waals surface area contributed by atoms with Crippen LogP contribution in [-0.2, 0) is 19.1 Å². The third-order valence-corrected chi connectivity index (χ3v) is 5.51. The molecular formula is C27H42N4O5. The topological polar surface area (TPSA) is 131 Å². The third-order valence-electron chi connectivity index (χ3n) is 5.51. The van der Waals surface area contributed by atoms with Gasteiger partial charge in [-0.25, -0.2) is 4.79 Å². The smallest absolute Gasteiger partial charge is 0.408 e. The number of benzene rings is 1. The van der Waals surface area contributed by atoms with E-state index in [0.29, 0.717) is 12.1 Å². The zero-order chi connectivity index (χ0) is 27.5. The Bertz CT molecular complexity index is 939. The maximum atomic E-state index is 13.8. The molecule has 0 aliphatic carbocycles. The number of alkyl carbamates (subject to hydrolysis) is 1. The third kappa shape index (κ3) is 10.1. The zero-order valence-corrected chi connectivity index (χ0v) is 22.5. The Kier molecular flexibility index (Phi) is 12.1. The van der Waals surface area contributed by atoms with E-state index in [1.54, 1.807) is 20.8 Å². The van der Waals surface area contributed by atoms with Gasteiger partial charge in [0.2, 0.25) is 17.7 Å². The van der Waals surface area contributed by atoms with E-state index in [-0.39, 0.29) is 25.3 Å². The van der Waals surface area contributed by atoms with Gasteiger partial charge in [0.1, 0.15) is 17.7 Å². The largest absolute Gasteiger partial charge is 0.444 e. The van der Waals surface area contributed by atoms with Crippen LogP contribution >= 0.6 is 0 Å². The Morgan fingerprint density at radius 1 is 1.17 bits per heavy atom. The molecule has 0 saturated heterocycles. The molecule has 200 valence electrons. The van der Waals surface area contributed by atoms with Crippen LogP contribution in [0.5, 0.6) is 0 Å². The summed E-state index contributed by atoms with van der Waals surface area (Å²) < 4.78 is 5.32. The maximum absolute atomic E-state index is 13.8. The zero-order valence-electron chi connectivity index (χ0n) is 22.5. The first kappa shape index (κ1) is 30.7. The van der Waals surface area contributed by atoms with E-state index in [1.165, 1.54) is 11.0 Å². The molecule has 0 radical (unpaired) electrons. The Labute approximate surface area is 214 Å². The lowest BCUT2D eigenvalue weighted by Crippen LogP contribution is -2.53. The molecule has 36 heavy (non-hydrogen) atoms. The minimum Gasteiger partial charge on any atom is -0.444 e. The van der Waals surface area contributed by atoms with Crippen LogP contribution in [0.4, 0.5) is 4.79 Å². The van der Waals surface area contributed by atoms with Crippen molar-refractivity contribution in [2.45, 2.75) is 84.9 Å². The molecule has 0 heterocycles. The van der Waals surface area contributed by atoms with E-state index in [1.807, 2.05) is 39.0 Å². The standard InChI is InChI=1S/C27H42N4O5/c1-8-10-15-29-24(33)23(20-12-11-18(3)19(4)17-20)31(16-9-2)25(34)21(13-14-22(28)32)30-26(35)36-27(5,6)7/h9,11-12,17,21,23H,2,8,10,13-16H2,1,3-7H3,(H2,28,32)(H,29,33)(H,30,35). The van der Waals surface area contributed by atoms with Gasteiger partial charge in [-0.15, -0.1) is 6.58 Å². The second-order valence-electron chi connectivity index (χ2n) is 9.87. The van der Waals surface area contributed by atoms with Crippen LogP contribution in [0.25, 0.3) is 0 Å². The predicted molar refractivity (Wildman–Crippen MR) is 140 cm³/mol. The summed E-state index contributed by atoms with van der Waals surface area (Å²) >= 11 is 0. The molecule has 0 bridgehead atoms. The van der Waals surface area contributed by atoms with Gasteiger partial charge in [-0.1, -0.05) is 37.6 Å². The van der Waals surface area contributed by atoms with Crippen LogP contribution < -0.4 is 16.4 Å². The molecule has 0 saturated carbocycles. The lowest BCUT2D eigenvalue weighted by atomic mass is 9.98. The highest BCUT2D eigenvalue weighted by atomic mass is 16.6. The monoisotopic (exact) mass is 502 g/mol. The number of ether oxygens (including phenoxy) is 1. The van der Waals surface area contributed by atoms with Crippen LogP contribution in [0.3, 0.4) is 0 Å². The molecule has 9 heteroatoms. The van der Waals surface area contributed by atoms with Gasteiger partial charge in [0.15, 0.2) is 0 Å². The number of amides is 4. The van der Waals surface area contributed by atoms with Crippen molar-refractivity contribution in [3.05, 3.63) is 47.5 Å². The minimum atomic E-state index is -1.13. The van der Waals surface area contributed by atoms with Crippen molar-refractivity contribution in [3.8, 4) is 0 Å². The predicted octanol–water partition coefficient (Wildman–Crippen LogP) is 3.43. The molecule has 0 fully saturated rings. The fourth-order valence-corrected chi connectivity index (χ4v) is 3.55. The van der Waals surface area contributed by atoms with Crippen molar-refractivity contribution < 1.29 is 23.9 Å². The van der Waals surface area contributed by atoms with E-state index in [4.69, 9.17) is 10.5 Å². The van der Waals surface area contributed by atoms with Crippen molar-refractivity contribution in [2.75, 3.05) is 13.1 Å². The summed E-state index contributed by atoms with van der Waals surface area (Å²) in [6, 6.07) is 3.49. The molecule has 2 atom stereocenters. The highest BCUT2D eigenvalue weighted by Crippen LogP contribution is 2.25. The molecule has 9 nitrogen and oxygen atoms in total. The number of nitrogens with one attached hydrogen (secondary N) is 2. The minimum absolute atomic E-state index is 0.0424. The van der Waals surface area contributed by atoms with E-state index >= 15 is 0 Å². The van der Waals surface area contributed by atoms with Crippen molar-refractivity contribution >= 4 is 23.8 Å². The number of unbranched alkanes of at least 4 members (excludes halogenated alkanes) is 1. The van der Waals surface area contributed by atoms with E-state index < -0.39 is 35.6 Å². The second-order valence-corrected chi connectivity index (χ2v) is 9.87. The fraction of sp³-hybridized carbons (Fsp3) is 0.556. The normalized spacial score (nSPS) is 12.7. The molecule has 1 rings (SSSR count). The maximum Gasteiger partial charge on any atom is 0.408 e. The Hall–Kier alpha value is -3.36. The molecule has 0 spiro atoms. The molecular weight excluding hydrogens is 460 g/mol. The lowest BCUT2D eigenvalue weighted by molar-refractivity contribution is -0.142. The number of carbonyl (C=O) groups excluding carboxylic acids is 4. The molecule has 4 amide bonds. The van der Waals surface area contributed by atoms with Gasteiger partial charge >= 0.3 is 6.09 Å². The Balaban J connectivity index is 3.45. The number of hydrogen-bond acceptors (Lipinski definition) is 5. The number of rotatable bonds is 13. The van der Waals surface area contributed by atoms with Gasteiger partial charge in [0, 0.05) is 19.5 Å².